The third-order valence-electron chi connectivity index (χ3n) is 9.76. The molecule has 1 amide bonds. The van der Waals surface area contributed by atoms with Crippen LogP contribution in [-0.2, 0) is 4.79 Å². The minimum atomic E-state index is -0.844. The molecule has 0 saturated heterocycles. The molecule has 0 spiro atoms. The van der Waals surface area contributed by atoms with Crippen LogP contribution in [0.1, 0.15) is 194 Å². The number of aliphatic hydroxyl groups is 2. The summed E-state index contributed by atoms with van der Waals surface area (Å²) in [5.74, 6) is -0.0771. The molecule has 56 heavy (non-hydrogen) atoms. The van der Waals surface area contributed by atoms with Crippen molar-refractivity contribution in [1.82, 2.24) is 5.32 Å². The molecule has 3 N–H and O–H groups in total. The van der Waals surface area contributed by atoms with Gasteiger partial charge in [-0.2, -0.15) is 0 Å². The summed E-state index contributed by atoms with van der Waals surface area (Å²) >= 11 is 0. The summed E-state index contributed by atoms with van der Waals surface area (Å²) in [5.41, 5.74) is 0. The molecule has 0 heterocycles. The Morgan fingerprint density at radius 3 is 1.18 bits per heavy atom. The zero-order chi connectivity index (χ0) is 40.7. The van der Waals surface area contributed by atoms with E-state index < -0.39 is 12.1 Å². The summed E-state index contributed by atoms with van der Waals surface area (Å²) < 4.78 is 0. The number of hydrogen-bond acceptors (Lipinski definition) is 3. The molecule has 0 aliphatic carbocycles. The number of unbranched alkanes of at least 4 members (excludes halogenated alkanes) is 17. The number of hydrogen-bond donors (Lipinski definition) is 3. The van der Waals surface area contributed by atoms with Crippen LogP contribution >= 0.6 is 0 Å². The van der Waals surface area contributed by atoms with Crippen molar-refractivity contribution in [1.29, 1.82) is 0 Å². The van der Waals surface area contributed by atoms with Crippen LogP contribution in [0.3, 0.4) is 0 Å². The van der Waals surface area contributed by atoms with Gasteiger partial charge in [0.05, 0.1) is 18.8 Å². The fourth-order valence-corrected chi connectivity index (χ4v) is 6.25. The largest absolute Gasteiger partial charge is 0.394 e. The van der Waals surface area contributed by atoms with Gasteiger partial charge in [0.25, 0.3) is 0 Å². The quantitative estimate of drug-likeness (QED) is 0.0429. The molecule has 0 aromatic rings. The zero-order valence-electron chi connectivity index (χ0n) is 36.4. The van der Waals surface area contributed by atoms with Crippen LogP contribution < -0.4 is 5.32 Å². The summed E-state index contributed by atoms with van der Waals surface area (Å²) in [6.45, 7) is 4.15. The minimum Gasteiger partial charge on any atom is -0.394 e. The van der Waals surface area contributed by atoms with Crippen molar-refractivity contribution in [3.8, 4) is 0 Å². The first-order valence-electron chi connectivity index (χ1n) is 23.1. The molecule has 0 aliphatic rings. The highest BCUT2D eigenvalue weighted by atomic mass is 16.3. The van der Waals surface area contributed by atoms with Crippen LogP contribution in [0.4, 0.5) is 0 Å². The van der Waals surface area contributed by atoms with E-state index in [0.29, 0.717) is 6.42 Å². The van der Waals surface area contributed by atoms with E-state index in [1.54, 1.807) is 6.08 Å². The van der Waals surface area contributed by atoms with E-state index in [9.17, 15) is 15.0 Å². The van der Waals surface area contributed by atoms with Crippen molar-refractivity contribution in [2.24, 2.45) is 0 Å². The van der Waals surface area contributed by atoms with Gasteiger partial charge < -0.3 is 15.5 Å². The first-order chi connectivity index (χ1) is 27.7. The second-order valence-electron chi connectivity index (χ2n) is 15.1. The number of nitrogens with one attached hydrogen (secondary N) is 1. The van der Waals surface area contributed by atoms with E-state index in [1.807, 2.05) is 6.08 Å². The average molecular weight is 774 g/mol. The Kier molecular flexibility index (Phi) is 44.0. The highest BCUT2D eigenvalue weighted by Crippen LogP contribution is 2.13. The number of carbonyl (C=O) groups excluding carboxylic acids is 1. The SMILES string of the molecule is CC/C=C\C/C=C\C/C=C\C/C=C\C/C=C\C/C=C\C/C=C\C/C=C\CCCCCCCCCCCCC(=O)NC(CO)C(O)/C=C/CCCCCCCCC. The molecular weight excluding hydrogens is 687 g/mol. The fraction of sp³-hybridized carbons (Fsp3) is 0.635. The number of rotatable bonds is 40. The van der Waals surface area contributed by atoms with Crippen LogP contribution in [-0.4, -0.2) is 34.9 Å². The Balaban J connectivity index is 3.60. The number of amides is 1. The maximum absolute atomic E-state index is 12.3. The van der Waals surface area contributed by atoms with E-state index >= 15 is 0 Å². The van der Waals surface area contributed by atoms with Gasteiger partial charge in [-0.15, -0.1) is 0 Å². The topological polar surface area (TPSA) is 69.6 Å². The molecule has 0 aromatic heterocycles. The van der Waals surface area contributed by atoms with Crippen molar-refractivity contribution < 1.29 is 15.0 Å². The maximum atomic E-state index is 12.3. The standard InChI is InChI=1S/C52H87NO3/c1-3-5-7-9-11-13-14-15-16-17-18-19-20-21-22-23-24-25-26-27-28-29-30-31-32-33-34-35-36-37-38-40-42-44-46-48-52(56)53-50(49-54)51(55)47-45-43-41-39-12-10-8-6-4-2/h5,7,11,13,15-16,18-19,21-22,24-25,27-28,30-31,45,47,50-51,54-55H,3-4,6,8-10,12,14,17,20,23,26,29,32-44,46,48-49H2,1-2H3,(H,53,56)/b7-5-,13-11-,16-15-,19-18-,22-21-,25-24-,28-27-,31-30-,47-45+. The number of allylic oxidation sites excluding steroid dienone is 17. The van der Waals surface area contributed by atoms with Crippen molar-refractivity contribution in [2.45, 2.75) is 206 Å². The van der Waals surface area contributed by atoms with Gasteiger partial charge in [-0.1, -0.05) is 213 Å². The summed E-state index contributed by atoms with van der Waals surface area (Å²) in [6, 6.07) is -0.629. The van der Waals surface area contributed by atoms with Crippen LogP contribution in [0.5, 0.6) is 0 Å². The molecule has 0 fully saturated rings. The average Bonchev–Trinajstić information content (AvgIpc) is 3.20. The lowest BCUT2D eigenvalue weighted by molar-refractivity contribution is -0.123. The monoisotopic (exact) mass is 774 g/mol. The van der Waals surface area contributed by atoms with Crippen molar-refractivity contribution in [3.05, 3.63) is 109 Å². The third-order valence-corrected chi connectivity index (χ3v) is 9.76. The lowest BCUT2D eigenvalue weighted by atomic mass is 10.0. The Bertz CT molecular complexity index is 1110. The van der Waals surface area contributed by atoms with Gasteiger partial charge in [0.2, 0.25) is 5.91 Å². The molecular formula is C52H87NO3. The highest BCUT2D eigenvalue weighted by Gasteiger charge is 2.17. The number of carbonyl (C=O) groups is 1. The number of aliphatic hydroxyl groups excluding tert-OH is 2. The smallest absolute Gasteiger partial charge is 0.220 e. The van der Waals surface area contributed by atoms with Gasteiger partial charge in [-0.3, -0.25) is 4.79 Å². The molecule has 0 saturated carbocycles. The van der Waals surface area contributed by atoms with Crippen LogP contribution in [0.25, 0.3) is 0 Å². The molecule has 0 aliphatic heterocycles. The summed E-state index contributed by atoms with van der Waals surface area (Å²) in [6.07, 6.45) is 70.7. The van der Waals surface area contributed by atoms with Crippen molar-refractivity contribution >= 4 is 5.91 Å². The lowest BCUT2D eigenvalue weighted by Gasteiger charge is -2.20. The first kappa shape index (κ1) is 53.0. The van der Waals surface area contributed by atoms with Gasteiger partial charge in [0, 0.05) is 6.42 Å². The van der Waals surface area contributed by atoms with E-state index in [1.165, 1.54) is 96.3 Å². The molecule has 0 radical (unpaired) electrons. The van der Waals surface area contributed by atoms with Crippen LogP contribution in [0.15, 0.2) is 109 Å². The zero-order valence-corrected chi connectivity index (χ0v) is 36.4. The Hall–Kier alpha value is -2.95. The van der Waals surface area contributed by atoms with Gasteiger partial charge in [-0.25, -0.2) is 0 Å². The fourth-order valence-electron chi connectivity index (χ4n) is 6.25. The first-order valence-corrected chi connectivity index (χ1v) is 23.1. The van der Waals surface area contributed by atoms with Crippen LogP contribution in [0.2, 0.25) is 0 Å². The van der Waals surface area contributed by atoms with Crippen LogP contribution in [0, 0.1) is 0 Å². The van der Waals surface area contributed by atoms with E-state index in [-0.39, 0.29) is 12.5 Å². The Morgan fingerprint density at radius 2 is 0.786 bits per heavy atom. The molecule has 2 atom stereocenters. The van der Waals surface area contributed by atoms with E-state index in [0.717, 1.165) is 77.0 Å². The van der Waals surface area contributed by atoms with Gasteiger partial charge in [-0.05, 0) is 83.5 Å². The Labute approximate surface area is 346 Å². The second kappa shape index (κ2) is 46.4. The third kappa shape index (κ3) is 42.2. The second-order valence-corrected chi connectivity index (χ2v) is 15.1. The Morgan fingerprint density at radius 1 is 0.446 bits per heavy atom. The molecule has 4 nitrogen and oxygen atoms in total. The highest BCUT2D eigenvalue weighted by molar-refractivity contribution is 5.76. The van der Waals surface area contributed by atoms with Gasteiger partial charge >= 0.3 is 0 Å². The summed E-state index contributed by atoms with van der Waals surface area (Å²) in [7, 11) is 0. The molecule has 4 heteroatoms. The maximum Gasteiger partial charge on any atom is 0.220 e. The van der Waals surface area contributed by atoms with Crippen molar-refractivity contribution in [2.75, 3.05) is 6.61 Å². The van der Waals surface area contributed by atoms with Gasteiger partial charge in [0.15, 0.2) is 0 Å². The summed E-state index contributed by atoms with van der Waals surface area (Å²) in [5, 5.41) is 22.9. The van der Waals surface area contributed by atoms with Crippen molar-refractivity contribution in [3.63, 3.8) is 0 Å². The predicted molar refractivity (Wildman–Crippen MR) is 248 cm³/mol. The predicted octanol–water partition coefficient (Wildman–Crippen LogP) is 14.8. The minimum absolute atomic E-state index is 0.0771. The molecule has 318 valence electrons. The van der Waals surface area contributed by atoms with Gasteiger partial charge in [0.1, 0.15) is 0 Å². The lowest BCUT2D eigenvalue weighted by Crippen LogP contribution is -2.45. The molecule has 0 rings (SSSR count). The van der Waals surface area contributed by atoms with E-state index in [4.69, 9.17) is 0 Å². The normalized spacial score (nSPS) is 14.0. The summed E-state index contributed by atoms with van der Waals surface area (Å²) in [4.78, 5) is 12.3. The van der Waals surface area contributed by atoms with E-state index in [2.05, 4.69) is 116 Å². The molecule has 0 aromatic carbocycles. The molecule has 2 unspecified atom stereocenters. The molecule has 0 bridgehead atoms.